The average molecular weight is 529 g/mol. The molecule has 2 heteroatoms. The van der Waals surface area contributed by atoms with Gasteiger partial charge in [-0.05, 0) is 66.4 Å². The van der Waals surface area contributed by atoms with Crippen LogP contribution in [0.15, 0.2) is 127 Å². The van der Waals surface area contributed by atoms with Crippen LogP contribution in [0.2, 0.25) is 0 Å². The molecule has 2 heterocycles. The van der Waals surface area contributed by atoms with Crippen LogP contribution in [0.5, 0.6) is 0 Å². The highest BCUT2D eigenvalue weighted by atomic mass is 15.0. The standard InChI is InChI=1S/C39H32N2/c1-39(2,27-19-23-29(24-20-27)40-35-15-7-3-11-31(35)32-12-4-8-16-36(32)40)28-21-25-30(26-22-28)41-37-17-9-5-13-33(37)34-14-6-10-18-38(34)41/h3-9,11-17,19-26H,10,18H2,1-2H3. The Morgan fingerprint density at radius 2 is 0.976 bits per heavy atom. The second-order valence-corrected chi connectivity index (χ2v) is 11.7. The SMILES string of the molecule is CC(C)(c1ccc(-n2c3c(c4ccccc42)C=CCC3)cc1)c1ccc(-n2c3ccccc3c3ccccc32)cc1. The van der Waals surface area contributed by atoms with Crippen molar-refractivity contribution < 1.29 is 0 Å². The molecular weight excluding hydrogens is 496 g/mol. The number of hydrogen-bond acceptors (Lipinski definition) is 0. The smallest absolute Gasteiger partial charge is 0.0541 e. The van der Waals surface area contributed by atoms with Gasteiger partial charge in [0.1, 0.15) is 0 Å². The molecule has 8 rings (SSSR count). The van der Waals surface area contributed by atoms with Gasteiger partial charge >= 0.3 is 0 Å². The molecule has 0 unspecified atom stereocenters. The van der Waals surface area contributed by atoms with Gasteiger partial charge in [-0.1, -0.05) is 105 Å². The second-order valence-electron chi connectivity index (χ2n) is 11.7. The lowest BCUT2D eigenvalue weighted by molar-refractivity contribution is 0.640. The van der Waals surface area contributed by atoms with Crippen molar-refractivity contribution in [1.29, 1.82) is 0 Å². The van der Waals surface area contributed by atoms with E-state index < -0.39 is 0 Å². The van der Waals surface area contributed by atoms with Crippen LogP contribution in [0.3, 0.4) is 0 Å². The minimum absolute atomic E-state index is 0.126. The molecule has 0 amide bonds. The van der Waals surface area contributed by atoms with Crippen LogP contribution in [0.25, 0.3) is 50.2 Å². The molecule has 5 aromatic carbocycles. The van der Waals surface area contributed by atoms with Gasteiger partial charge < -0.3 is 9.13 Å². The Bertz CT molecular complexity index is 2040. The second kappa shape index (κ2) is 9.11. The first kappa shape index (κ1) is 24.0. The van der Waals surface area contributed by atoms with Crippen LogP contribution in [0, 0.1) is 0 Å². The van der Waals surface area contributed by atoms with Crippen LogP contribution in [-0.2, 0) is 11.8 Å². The molecule has 41 heavy (non-hydrogen) atoms. The van der Waals surface area contributed by atoms with E-state index in [9.17, 15) is 0 Å². The number of hydrogen-bond donors (Lipinski definition) is 0. The third-order valence-electron chi connectivity index (χ3n) is 9.12. The minimum Gasteiger partial charge on any atom is -0.313 e. The summed E-state index contributed by atoms with van der Waals surface area (Å²) in [4.78, 5) is 0. The van der Waals surface area contributed by atoms with Crippen molar-refractivity contribution in [3.8, 4) is 11.4 Å². The molecule has 0 bridgehead atoms. The van der Waals surface area contributed by atoms with Crippen molar-refractivity contribution in [3.63, 3.8) is 0 Å². The number of nitrogens with zero attached hydrogens (tertiary/aromatic N) is 2. The maximum Gasteiger partial charge on any atom is 0.0541 e. The van der Waals surface area contributed by atoms with Gasteiger partial charge in [-0.3, -0.25) is 0 Å². The van der Waals surface area contributed by atoms with Gasteiger partial charge in [0.15, 0.2) is 0 Å². The third kappa shape index (κ3) is 3.64. The first-order valence-corrected chi connectivity index (χ1v) is 14.6. The Hall–Kier alpha value is -4.82. The molecule has 1 aliphatic carbocycles. The monoisotopic (exact) mass is 528 g/mol. The van der Waals surface area contributed by atoms with Crippen molar-refractivity contribution in [2.75, 3.05) is 0 Å². The fourth-order valence-corrected chi connectivity index (χ4v) is 6.89. The van der Waals surface area contributed by atoms with E-state index in [0.717, 1.165) is 12.8 Å². The van der Waals surface area contributed by atoms with E-state index in [2.05, 4.69) is 156 Å². The van der Waals surface area contributed by atoms with Crippen molar-refractivity contribution in [3.05, 3.63) is 150 Å². The van der Waals surface area contributed by atoms with Crippen LogP contribution in [0.1, 0.15) is 42.7 Å². The van der Waals surface area contributed by atoms with Crippen LogP contribution in [-0.4, -0.2) is 9.13 Å². The topological polar surface area (TPSA) is 9.86 Å². The van der Waals surface area contributed by atoms with Crippen LogP contribution < -0.4 is 0 Å². The van der Waals surface area contributed by atoms with Crippen molar-refractivity contribution in [2.45, 2.75) is 32.1 Å². The lowest BCUT2D eigenvalue weighted by Crippen LogP contribution is -2.19. The number of aromatic nitrogens is 2. The van der Waals surface area contributed by atoms with E-state index in [-0.39, 0.29) is 5.41 Å². The molecule has 0 saturated carbocycles. The highest BCUT2D eigenvalue weighted by molar-refractivity contribution is 6.09. The minimum atomic E-state index is -0.126. The zero-order chi connectivity index (χ0) is 27.6. The normalized spacial score (nSPS) is 13.3. The zero-order valence-electron chi connectivity index (χ0n) is 23.5. The van der Waals surface area contributed by atoms with Gasteiger partial charge in [0, 0.05) is 44.2 Å². The first-order valence-electron chi connectivity index (χ1n) is 14.6. The van der Waals surface area contributed by atoms with Crippen molar-refractivity contribution in [2.24, 2.45) is 0 Å². The Labute approximate surface area is 240 Å². The summed E-state index contributed by atoms with van der Waals surface area (Å²) in [7, 11) is 0. The van der Waals surface area contributed by atoms with Crippen LogP contribution >= 0.6 is 0 Å². The van der Waals surface area contributed by atoms with Crippen LogP contribution in [0.4, 0.5) is 0 Å². The maximum atomic E-state index is 2.46. The Morgan fingerprint density at radius 1 is 0.512 bits per heavy atom. The van der Waals surface area contributed by atoms with E-state index in [1.54, 1.807) is 0 Å². The summed E-state index contributed by atoms with van der Waals surface area (Å²) in [6.07, 6.45) is 6.78. The number of allylic oxidation sites excluding steroid dienone is 1. The largest absolute Gasteiger partial charge is 0.313 e. The molecule has 0 atom stereocenters. The molecule has 0 saturated heterocycles. The Morgan fingerprint density at radius 3 is 1.54 bits per heavy atom. The predicted octanol–water partition coefficient (Wildman–Crippen LogP) is 10.0. The van der Waals surface area contributed by atoms with Gasteiger partial charge in [-0.2, -0.15) is 0 Å². The van der Waals surface area contributed by atoms with Gasteiger partial charge in [0.05, 0.1) is 16.6 Å². The lowest BCUT2D eigenvalue weighted by atomic mass is 9.78. The Kier molecular flexibility index (Phi) is 5.33. The molecule has 0 aliphatic heterocycles. The number of benzene rings is 5. The molecule has 1 aliphatic rings. The first-order chi connectivity index (χ1) is 20.1. The molecule has 0 N–H and O–H groups in total. The quantitative estimate of drug-likeness (QED) is 0.215. The number of fused-ring (bicyclic) bond motifs is 6. The molecule has 2 aromatic heterocycles. The summed E-state index contributed by atoms with van der Waals surface area (Å²) in [5.41, 5.74) is 11.5. The predicted molar refractivity (Wildman–Crippen MR) is 174 cm³/mol. The molecule has 0 spiro atoms. The highest BCUT2D eigenvalue weighted by Gasteiger charge is 2.24. The van der Waals surface area contributed by atoms with Gasteiger partial charge in [0.2, 0.25) is 0 Å². The molecule has 198 valence electrons. The van der Waals surface area contributed by atoms with E-state index in [1.165, 1.54) is 66.5 Å². The van der Waals surface area contributed by atoms with Crippen molar-refractivity contribution >= 4 is 38.8 Å². The summed E-state index contributed by atoms with van der Waals surface area (Å²) < 4.78 is 4.85. The molecule has 0 fully saturated rings. The molecular formula is C39H32N2. The van der Waals surface area contributed by atoms with Gasteiger partial charge in [0.25, 0.3) is 0 Å². The lowest BCUT2D eigenvalue weighted by Gasteiger charge is -2.27. The van der Waals surface area contributed by atoms with E-state index in [0.29, 0.717) is 0 Å². The zero-order valence-corrected chi connectivity index (χ0v) is 23.5. The summed E-state index contributed by atoms with van der Waals surface area (Å²) >= 11 is 0. The summed E-state index contributed by atoms with van der Waals surface area (Å²) in [5.74, 6) is 0. The van der Waals surface area contributed by atoms with E-state index >= 15 is 0 Å². The number of rotatable bonds is 4. The fraction of sp³-hybridized carbons (Fsp3) is 0.128. The fourth-order valence-electron chi connectivity index (χ4n) is 6.89. The van der Waals surface area contributed by atoms with E-state index in [1.807, 2.05) is 0 Å². The molecule has 0 radical (unpaired) electrons. The summed E-state index contributed by atoms with van der Waals surface area (Å²) in [6.45, 7) is 4.66. The molecule has 2 nitrogen and oxygen atoms in total. The maximum absolute atomic E-state index is 2.46. The van der Waals surface area contributed by atoms with Gasteiger partial charge in [-0.25, -0.2) is 0 Å². The summed E-state index contributed by atoms with van der Waals surface area (Å²) in [5, 5.41) is 3.92. The Balaban J connectivity index is 1.16. The third-order valence-corrected chi connectivity index (χ3v) is 9.12. The summed E-state index contributed by atoms with van der Waals surface area (Å²) in [6, 6.07) is 44.6. The van der Waals surface area contributed by atoms with Gasteiger partial charge in [-0.15, -0.1) is 0 Å². The number of para-hydroxylation sites is 3. The van der Waals surface area contributed by atoms with E-state index in [4.69, 9.17) is 0 Å². The van der Waals surface area contributed by atoms with Crippen molar-refractivity contribution in [1.82, 2.24) is 9.13 Å². The highest BCUT2D eigenvalue weighted by Crippen LogP contribution is 2.37. The molecule has 7 aromatic rings. The average Bonchev–Trinajstić information content (AvgIpc) is 3.54.